The van der Waals surface area contributed by atoms with Crippen molar-refractivity contribution in [3.05, 3.63) is 132 Å². The second-order valence-electron chi connectivity index (χ2n) is 9.33. The average Bonchev–Trinajstić information content (AvgIpc) is 3.32. The minimum Gasteiger partial charge on any atom is -0.307 e. The fraction of sp³-hybridized carbons (Fsp3) is 0.0294. The number of carbonyl (C=O) groups excluding carboxylic acids is 2. The molecule has 0 saturated carbocycles. The zero-order valence-electron chi connectivity index (χ0n) is 21.2. The third-order valence-electron chi connectivity index (χ3n) is 7.08. The molecule has 5 heteroatoms. The molecule has 1 heterocycles. The predicted molar refractivity (Wildman–Crippen MR) is 155 cm³/mol. The number of nitrogens with zero attached hydrogens (tertiary/aromatic N) is 3. The Kier molecular flexibility index (Phi) is 5.99. The number of fused-ring (bicyclic) bond motifs is 3. The molecule has 0 saturated heterocycles. The van der Waals surface area contributed by atoms with E-state index in [2.05, 4.69) is 6.07 Å². The van der Waals surface area contributed by atoms with Crippen LogP contribution in [0.3, 0.4) is 0 Å². The quantitative estimate of drug-likeness (QED) is 0.229. The fourth-order valence-corrected chi connectivity index (χ4v) is 5.29. The summed E-state index contributed by atoms with van der Waals surface area (Å²) < 4.78 is 1.97. The van der Waals surface area contributed by atoms with E-state index in [-0.39, 0.29) is 0 Å². The molecule has 39 heavy (non-hydrogen) atoms. The summed E-state index contributed by atoms with van der Waals surface area (Å²) in [5, 5.41) is 11.9. The molecule has 0 unspecified atom stereocenters. The van der Waals surface area contributed by atoms with E-state index in [0.717, 1.165) is 43.4 Å². The summed E-state index contributed by atoms with van der Waals surface area (Å²) in [6.07, 6.45) is 0.565. The molecule has 6 rings (SSSR count). The summed E-state index contributed by atoms with van der Waals surface area (Å²) in [7, 11) is 0. The lowest BCUT2D eigenvalue weighted by Gasteiger charge is -2.21. The van der Waals surface area contributed by atoms with Crippen LogP contribution in [0.5, 0.6) is 0 Å². The number of hydrogen-bond donors (Lipinski definition) is 0. The van der Waals surface area contributed by atoms with E-state index in [4.69, 9.17) is 0 Å². The van der Waals surface area contributed by atoms with Gasteiger partial charge in [-0.15, -0.1) is 0 Å². The molecule has 0 atom stereocenters. The molecule has 0 bridgehead atoms. The number of carbonyl (C=O) groups is 2. The van der Waals surface area contributed by atoms with E-state index in [1.807, 2.05) is 115 Å². The van der Waals surface area contributed by atoms with E-state index < -0.39 is 5.91 Å². The zero-order chi connectivity index (χ0) is 26.9. The van der Waals surface area contributed by atoms with Gasteiger partial charge in [-0.1, -0.05) is 84.9 Å². The Hall–Kier alpha value is -5.47. The maximum atomic E-state index is 14.2. The number of para-hydroxylation sites is 2. The van der Waals surface area contributed by atoms with E-state index >= 15 is 0 Å². The number of aryl methyl sites for hydroxylation is 1. The number of imide groups is 1. The van der Waals surface area contributed by atoms with Gasteiger partial charge in [-0.3, -0.25) is 9.59 Å². The van der Waals surface area contributed by atoms with Crippen molar-refractivity contribution >= 4 is 39.8 Å². The van der Waals surface area contributed by atoms with Crippen LogP contribution < -0.4 is 4.90 Å². The highest BCUT2D eigenvalue weighted by Crippen LogP contribution is 2.36. The van der Waals surface area contributed by atoms with Crippen molar-refractivity contribution in [2.75, 3.05) is 4.90 Å². The molecule has 2 amide bonds. The number of rotatable bonds is 5. The maximum absolute atomic E-state index is 14.2. The smallest absolute Gasteiger partial charge is 0.267 e. The minimum absolute atomic E-state index is 0.394. The van der Waals surface area contributed by atoms with Gasteiger partial charge in [0.25, 0.3) is 5.91 Å². The first-order chi connectivity index (χ1) is 19.1. The molecule has 0 spiro atoms. The van der Waals surface area contributed by atoms with E-state index in [1.54, 1.807) is 12.1 Å². The molecule has 0 N–H and O–H groups in total. The van der Waals surface area contributed by atoms with Gasteiger partial charge in [0.2, 0.25) is 6.41 Å². The topological polar surface area (TPSA) is 66.1 Å². The van der Waals surface area contributed by atoms with Crippen LogP contribution >= 0.6 is 0 Å². The molecule has 5 aromatic carbocycles. The molecule has 186 valence electrons. The van der Waals surface area contributed by atoms with Crippen LogP contribution in [-0.2, 0) is 4.79 Å². The lowest BCUT2D eigenvalue weighted by Crippen LogP contribution is -2.31. The fourth-order valence-electron chi connectivity index (χ4n) is 5.29. The van der Waals surface area contributed by atoms with Gasteiger partial charge in [-0.05, 0) is 53.9 Å². The normalized spacial score (nSPS) is 10.9. The number of hydrogen-bond acceptors (Lipinski definition) is 3. The predicted octanol–water partition coefficient (Wildman–Crippen LogP) is 7.43. The first kappa shape index (κ1) is 23.9. The van der Waals surface area contributed by atoms with Crippen molar-refractivity contribution in [2.24, 2.45) is 0 Å². The Morgan fingerprint density at radius 3 is 2.28 bits per heavy atom. The van der Waals surface area contributed by atoms with E-state index in [9.17, 15) is 14.9 Å². The monoisotopic (exact) mass is 505 g/mol. The molecule has 0 aliphatic rings. The molecule has 0 aliphatic heterocycles. The molecule has 1 aromatic heterocycles. The molecule has 5 nitrogen and oxygen atoms in total. The Morgan fingerprint density at radius 2 is 1.49 bits per heavy atom. The summed E-state index contributed by atoms with van der Waals surface area (Å²) in [6, 6.07) is 38.7. The SMILES string of the molecule is Cc1cccc(-n2c3ccccc3c3cccc(C#N)c32)c1C(=O)N(C=O)c1cccc(-c2ccccc2)c1. The molecule has 0 fully saturated rings. The average molecular weight is 506 g/mol. The van der Waals surface area contributed by atoms with Gasteiger partial charge in [0, 0.05) is 10.8 Å². The summed E-state index contributed by atoms with van der Waals surface area (Å²) in [5.74, 6) is -0.441. The largest absolute Gasteiger partial charge is 0.307 e. The van der Waals surface area contributed by atoms with Crippen molar-refractivity contribution in [2.45, 2.75) is 6.92 Å². The van der Waals surface area contributed by atoms with Crippen LogP contribution in [0.1, 0.15) is 21.5 Å². The van der Waals surface area contributed by atoms with Gasteiger partial charge < -0.3 is 4.57 Å². The Morgan fingerprint density at radius 1 is 0.795 bits per heavy atom. The van der Waals surface area contributed by atoms with Crippen LogP contribution in [-0.4, -0.2) is 16.9 Å². The van der Waals surface area contributed by atoms with Crippen LogP contribution in [0.25, 0.3) is 38.6 Å². The third-order valence-corrected chi connectivity index (χ3v) is 7.08. The van der Waals surface area contributed by atoms with Gasteiger partial charge in [-0.25, -0.2) is 4.90 Å². The van der Waals surface area contributed by atoms with Crippen LogP contribution in [0.2, 0.25) is 0 Å². The van der Waals surface area contributed by atoms with Gasteiger partial charge >= 0.3 is 0 Å². The van der Waals surface area contributed by atoms with Crippen LogP contribution in [0.15, 0.2) is 115 Å². The van der Waals surface area contributed by atoms with Gasteiger partial charge in [0.05, 0.1) is 33.5 Å². The molecule has 0 aliphatic carbocycles. The lowest BCUT2D eigenvalue weighted by atomic mass is 10.0. The summed E-state index contributed by atoms with van der Waals surface area (Å²) >= 11 is 0. The van der Waals surface area contributed by atoms with Crippen molar-refractivity contribution < 1.29 is 9.59 Å². The van der Waals surface area contributed by atoms with Crippen LogP contribution in [0.4, 0.5) is 5.69 Å². The Labute approximate surface area is 225 Å². The summed E-state index contributed by atoms with van der Waals surface area (Å²) in [4.78, 5) is 27.8. The van der Waals surface area contributed by atoms with Gasteiger partial charge in [-0.2, -0.15) is 5.26 Å². The van der Waals surface area contributed by atoms with E-state index in [1.165, 1.54) is 0 Å². The highest BCUT2D eigenvalue weighted by atomic mass is 16.2. The number of nitriles is 1. The molecule has 0 radical (unpaired) electrons. The van der Waals surface area contributed by atoms with Crippen molar-refractivity contribution in [1.82, 2.24) is 4.57 Å². The van der Waals surface area contributed by atoms with Gasteiger partial charge in [0.15, 0.2) is 0 Å². The minimum atomic E-state index is -0.441. The van der Waals surface area contributed by atoms with E-state index in [0.29, 0.717) is 28.9 Å². The Bertz CT molecular complexity index is 1930. The lowest BCUT2D eigenvalue weighted by molar-refractivity contribution is -0.106. The molecular formula is C34H23N3O2. The molecule has 6 aromatic rings. The number of anilines is 1. The first-order valence-electron chi connectivity index (χ1n) is 12.6. The maximum Gasteiger partial charge on any atom is 0.267 e. The standard InChI is InChI=1S/C34H23N3O2/c1-23-10-7-19-31(37-30-18-6-5-16-28(30)29-17-9-14-26(21-35)33(29)37)32(23)34(39)36(22-38)27-15-8-13-25(20-27)24-11-3-2-4-12-24/h2-20,22H,1H3. The summed E-state index contributed by atoms with van der Waals surface area (Å²) in [5.41, 5.74) is 6.21. The molecular weight excluding hydrogens is 482 g/mol. The number of benzene rings is 5. The third kappa shape index (κ3) is 3.96. The van der Waals surface area contributed by atoms with Crippen LogP contribution in [0, 0.1) is 18.3 Å². The summed E-state index contributed by atoms with van der Waals surface area (Å²) in [6.45, 7) is 1.86. The number of aromatic nitrogens is 1. The Balaban J connectivity index is 1.57. The van der Waals surface area contributed by atoms with Crippen molar-refractivity contribution in [3.63, 3.8) is 0 Å². The first-order valence-corrected chi connectivity index (χ1v) is 12.6. The van der Waals surface area contributed by atoms with Crippen molar-refractivity contribution in [1.29, 1.82) is 5.26 Å². The second kappa shape index (κ2) is 9.77. The second-order valence-corrected chi connectivity index (χ2v) is 9.33. The highest BCUT2D eigenvalue weighted by molar-refractivity contribution is 6.19. The highest BCUT2D eigenvalue weighted by Gasteiger charge is 2.25. The van der Waals surface area contributed by atoms with Crippen molar-refractivity contribution in [3.8, 4) is 22.9 Å². The van der Waals surface area contributed by atoms with Gasteiger partial charge in [0.1, 0.15) is 6.07 Å². The number of amides is 2. The zero-order valence-corrected chi connectivity index (χ0v) is 21.2.